The van der Waals surface area contributed by atoms with Gasteiger partial charge in [-0.15, -0.1) is 0 Å². The van der Waals surface area contributed by atoms with E-state index in [1.54, 1.807) is 6.20 Å². The van der Waals surface area contributed by atoms with Gasteiger partial charge in [-0.2, -0.15) is 0 Å². The molecule has 2 aromatic rings. The van der Waals surface area contributed by atoms with Crippen molar-refractivity contribution in [1.82, 2.24) is 4.98 Å². The number of benzene rings is 1. The molecule has 0 fully saturated rings. The lowest BCUT2D eigenvalue weighted by molar-refractivity contribution is 0.0252. The molecule has 4 nitrogen and oxygen atoms in total. The van der Waals surface area contributed by atoms with Crippen molar-refractivity contribution in [3.63, 3.8) is 0 Å². The third kappa shape index (κ3) is 1.87. The summed E-state index contributed by atoms with van der Waals surface area (Å²) in [6.07, 6.45) is -0.234. The maximum Gasteiger partial charge on any atom is 0.108 e. The van der Waals surface area contributed by atoms with Crippen LogP contribution in [0.2, 0.25) is 0 Å². The van der Waals surface area contributed by atoms with Gasteiger partial charge in [-0.1, -0.05) is 22.0 Å². The van der Waals surface area contributed by atoms with Gasteiger partial charge in [-0.3, -0.25) is 0 Å². The quantitative estimate of drug-likeness (QED) is 0.685. The minimum absolute atomic E-state index is 0.0261. The van der Waals surface area contributed by atoms with E-state index in [-0.39, 0.29) is 6.54 Å². The highest BCUT2D eigenvalue weighted by Gasteiger charge is 2.21. The highest BCUT2D eigenvalue weighted by molar-refractivity contribution is 9.10. The zero-order valence-corrected chi connectivity index (χ0v) is 10.1. The number of aromatic nitrogens is 1. The van der Waals surface area contributed by atoms with E-state index in [9.17, 15) is 10.2 Å². The molecule has 1 aromatic carbocycles. The molecule has 0 saturated carbocycles. The Kier molecular flexibility index (Phi) is 3.30. The van der Waals surface area contributed by atoms with E-state index >= 15 is 0 Å². The summed E-state index contributed by atoms with van der Waals surface area (Å²) >= 11 is 3.42. The van der Waals surface area contributed by atoms with Gasteiger partial charge in [0.25, 0.3) is 0 Å². The average Bonchev–Trinajstić information content (AvgIpc) is 2.72. The molecule has 0 aliphatic carbocycles. The fourth-order valence-corrected chi connectivity index (χ4v) is 2.33. The first kappa shape index (κ1) is 11.6. The third-order valence-corrected chi connectivity index (χ3v) is 3.27. The zero-order valence-electron chi connectivity index (χ0n) is 8.52. The largest absolute Gasteiger partial charge is 0.389 e. The van der Waals surface area contributed by atoms with Gasteiger partial charge in [0.05, 0.1) is 6.10 Å². The highest BCUT2D eigenvalue weighted by Crippen LogP contribution is 2.31. The van der Waals surface area contributed by atoms with Gasteiger partial charge in [-0.05, 0) is 12.1 Å². The molecule has 1 aromatic heterocycles. The first-order chi connectivity index (χ1) is 7.65. The van der Waals surface area contributed by atoms with Crippen molar-refractivity contribution in [3.05, 3.63) is 34.4 Å². The predicted molar refractivity (Wildman–Crippen MR) is 66.0 cm³/mol. The van der Waals surface area contributed by atoms with Crippen LogP contribution in [0.15, 0.2) is 28.9 Å². The Morgan fingerprint density at radius 3 is 2.81 bits per heavy atom. The van der Waals surface area contributed by atoms with Crippen molar-refractivity contribution < 1.29 is 10.2 Å². The van der Waals surface area contributed by atoms with Crippen molar-refractivity contribution in [3.8, 4) is 0 Å². The number of halogens is 1. The summed E-state index contributed by atoms with van der Waals surface area (Å²) in [5, 5.41) is 20.4. The number of hydrogen-bond acceptors (Lipinski definition) is 3. The Morgan fingerprint density at radius 1 is 1.38 bits per heavy atom. The van der Waals surface area contributed by atoms with Gasteiger partial charge in [-0.25, -0.2) is 0 Å². The Balaban J connectivity index is 2.53. The summed E-state index contributed by atoms with van der Waals surface area (Å²) in [5.74, 6) is 0. The normalized spacial score (nSPS) is 15.2. The van der Waals surface area contributed by atoms with Crippen LogP contribution in [0.5, 0.6) is 0 Å². The SMILES string of the molecule is NCC(O)C(O)c1c[nH]c2cccc(Br)c12. The zero-order chi connectivity index (χ0) is 11.7. The minimum atomic E-state index is -0.975. The Morgan fingerprint density at radius 2 is 2.12 bits per heavy atom. The molecular formula is C11H13BrN2O2. The van der Waals surface area contributed by atoms with Gasteiger partial charge in [0.15, 0.2) is 0 Å². The fourth-order valence-electron chi connectivity index (χ4n) is 1.73. The molecule has 0 saturated heterocycles. The number of H-pyrrole nitrogens is 1. The predicted octanol–water partition coefficient (Wildman–Crippen LogP) is 1.28. The molecule has 1 heterocycles. The lowest BCUT2D eigenvalue weighted by Gasteiger charge is -2.15. The summed E-state index contributed by atoms with van der Waals surface area (Å²) in [6.45, 7) is 0.0261. The molecular weight excluding hydrogens is 272 g/mol. The van der Waals surface area contributed by atoms with Crippen LogP contribution >= 0.6 is 15.9 Å². The standard InChI is InChI=1S/C11H13BrN2O2/c12-7-2-1-3-8-10(7)6(5-14-8)11(16)9(15)4-13/h1-3,5,9,11,14-16H,4,13H2. The van der Waals surface area contributed by atoms with Gasteiger partial charge in [0.1, 0.15) is 6.10 Å². The topological polar surface area (TPSA) is 82.3 Å². The summed E-state index contributed by atoms with van der Waals surface area (Å²) < 4.78 is 0.879. The second-order valence-corrected chi connectivity index (χ2v) is 4.51. The molecule has 5 heteroatoms. The van der Waals surface area contributed by atoms with E-state index in [1.165, 1.54) is 0 Å². The molecule has 2 rings (SSSR count). The van der Waals surface area contributed by atoms with E-state index in [0.29, 0.717) is 5.56 Å². The monoisotopic (exact) mass is 284 g/mol. The summed E-state index contributed by atoms with van der Waals surface area (Å²) in [7, 11) is 0. The minimum Gasteiger partial charge on any atom is -0.389 e. The van der Waals surface area contributed by atoms with Gasteiger partial charge in [0, 0.05) is 33.7 Å². The number of hydrogen-bond donors (Lipinski definition) is 4. The van der Waals surface area contributed by atoms with Gasteiger partial charge >= 0.3 is 0 Å². The molecule has 5 N–H and O–H groups in total. The molecule has 0 bridgehead atoms. The van der Waals surface area contributed by atoms with Crippen molar-refractivity contribution in [2.45, 2.75) is 12.2 Å². The summed E-state index contributed by atoms with van der Waals surface area (Å²) in [5.41, 5.74) is 6.89. The van der Waals surface area contributed by atoms with Crippen molar-refractivity contribution in [1.29, 1.82) is 0 Å². The Labute approximate surface area is 101 Å². The summed E-state index contributed by atoms with van der Waals surface area (Å²) in [6, 6.07) is 5.70. The van der Waals surface area contributed by atoms with E-state index in [2.05, 4.69) is 20.9 Å². The number of nitrogens with two attached hydrogens (primary N) is 1. The van der Waals surface area contributed by atoms with Gasteiger partial charge in [0.2, 0.25) is 0 Å². The average molecular weight is 285 g/mol. The number of aliphatic hydroxyl groups is 2. The molecule has 0 radical (unpaired) electrons. The highest BCUT2D eigenvalue weighted by atomic mass is 79.9. The van der Waals surface area contributed by atoms with E-state index in [0.717, 1.165) is 15.4 Å². The number of rotatable bonds is 3. The molecule has 2 atom stereocenters. The molecule has 0 spiro atoms. The lowest BCUT2D eigenvalue weighted by Crippen LogP contribution is -2.27. The Hall–Kier alpha value is -0.880. The smallest absolute Gasteiger partial charge is 0.108 e. The van der Waals surface area contributed by atoms with Crippen LogP contribution in [0.4, 0.5) is 0 Å². The van der Waals surface area contributed by atoms with Crippen molar-refractivity contribution in [2.75, 3.05) is 6.54 Å². The van der Waals surface area contributed by atoms with Crippen LogP contribution in [0.3, 0.4) is 0 Å². The maximum atomic E-state index is 9.93. The van der Waals surface area contributed by atoms with Crippen LogP contribution in [-0.2, 0) is 0 Å². The van der Waals surface area contributed by atoms with E-state index < -0.39 is 12.2 Å². The molecule has 0 aliphatic rings. The molecule has 0 amide bonds. The van der Waals surface area contributed by atoms with Crippen LogP contribution in [0.25, 0.3) is 10.9 Å². The van der Waals surface area contributed by atoms with Crippen LogP contribution in [0, 0.1) is 0 Å². The second-order valence-electron chi connectivity index (χ2n) is 3.65. The fraction of sp³-hybridized carbons (Fsp3) is 0.273. The number of aromatic amines is 1. The lowest BCUT2D eigenvalue weighted by atomic mass is 10.0. The van der Waals surface area contributed by atoms with E-state index in [4.69, 9.17) is 5.73 Å². The third-order valence-electron chi connectivity index (χ3n) is 2.61. The van der Waals surface area contributed by atoms with E-state index in [1.807, 2.05) is 18.2 Å². The van der Waals surface area contributed by atoms with Crippen molar-refractivity contribution in [2.24, 2.45) is 5.73 Å². The maximum absolute atomic E-state index is 9.93. The number of nitrogens with one attached hydrogen (secondary N) is 1. The number of aliphatic hydroxyl groups excluding tert-OH is 2. The van der Waals surface area contributed by atoms with Crippen LogP contribution in [0.1, 0.15) is 11.7 Å². The number of fused-ring (bicyclic) bond motifs is 1. The van der Waals surface area contributed by atoms with Gasteiger partial charge < -0.3 is 20.9 Å². The summed E-state index contributed by atoms with van der Waals surface area (Å²) in [4.78, 5) is 3.05. The Bertz CT molecular complexity index is 498. The molecule has 86 valence electrons. The molecule has 16 heavy (non-hydrogen) atoms. The molecule has 0 aliphatic heterocycles. The van der Waals surface area contributed by atoms with Crippen molar-refractivity contribution >= 4 is 26.8 Å². The second kappa shape index (κ2) is 4.55. The first-order valence-electron chi connectivity index (χ1n) is 4.97. The first-order valence-corrected chi connectivity index (χ1v) is 5.76. The van der Waals surface area contributed by atoms with Crippen LogP contribution < -0.4 is 5.73 Å². The van der Waals surface area contributed by atoms with Crippen LogP contribution in [-0.4, -0.2) is 27.8 Å². The molecule has 2 unspecified atom stereocenters.